The Bertz CT molecular complexity index is 767. The second-order valence-corrected chi connectivity index (χ2v) is 5.92. The highest BCUT2D eigenvalue weighted by molar-refractivity contribution is 6.32. The summed E-state index contributed by atoms with van der Waals surface area (Å²) in [4.78, 5) is 21.8. The summed E-state index contributed by atoms with van der Waals surface area (Å²) in [6.45, 7) is -1.29. The van der Waals surface area contributed by atoms with Crippen LogP contribution in [0.4, 0.5) is 19.0 Å². The van der Waals surface area contributed by atoms with Crippen molar-refractivity contribution in [2.45, 2.75) is 12.7 Å². The lowest BCUT2D eigenvalue weighted by molar-refractivity contribution is -0.154. The van der Waals surface area contributed by atoms with Gasteiger partial charge in [0.1, 0.15) is 10.8 Å². The van der Waals surface area contributed by atoms with Crippen molar-refractivity contribution in [1.82, 2.24) is 15.3 Å². The van der Waals surface area contributed by atoms with Gasteiger partial charge in [-0.3, -0.25) is 4.79 Å². The molecular weight excluding hydrogens is 373 g/mol. The number of anilines is 1. The van der Waals surface area contributed by atoms with Crippen LogP contribution >= 0.6 is 11.6 Å². The van der Waals surface area contributed by atoms with Gasteiger partial charge in [-0.2, -0.15) is 13.2 Å². The highest BCUT2D eigenvalue weighted by atomic mass is 35.5. The van der Waals surface area contributed by atoms with Gasteiger partial charge in [-0.05, 0) is 17.7 Å². The van der Waals surface area contributed by atoms with Crippen LogP contribution < -0.4 is 15.0 Å². The monoisotopic (exact) mass is 388 g/mol. The van der Waals surface area contributed by atoms with Crippen molar-refractivity contribution in [2.75, 3.05) is 25.6 Å². The third-order valence-electron chi connectivity index (χ3n) is 3.16. The van der Waals surface area contributed by atoms with Crippen molar-refractivity contribution in [3.05, 3.63) is 46.7 Å². The molecule has 1 amide bonds. The van der Waals surface area contributed by atoms with Crippen LogP contribution in [0.15, 0.2) is 30.6 Å². The van der Waals surface area contributed by atoms with E-state index in [1.54, 1.807) is 6.20 Å². The zero-order valence-electron chi connectivity index (χ0n) is 14.0. The molecule has 0 saturated carbocycles. The molecule has 2 aromatic rings. The minimum absolute atomic E-state index is 0.104. The van der Waals surface area contributed by atoms with E-state index in [-0.39, 0.29) is 23.0 Å². The first-order valence-electron chi connectivity index (χ1n) is 7.41. The normalized spacial score (nSPS) is 11.2. The molecule has 0 aliphatic carbocycles. The van der Waals surface area contributed by atoms with Gasteiger partial charge in [0.2, 0.25) is 5.88 Å². The largest absolute Gasteiger partial charge is 0.467 e. The third-order valence-corrected chi connectivity index (χ3v) is 3.43. The van der Waals surface area contributed by atoms with Crippen molar-refractivity contribution in [2.24, 2.45) is 0 Å². The number of nitrogens with zero attached hydrogens (tertiary/aromatic N) is 3. The van der Waals surface area contributed by atoms with E-state index in [1.807, 2.05) is 31.1 Å². The third kappa shape index (κ3) is 5.76. The number of carbonyl (C=O) groups is 1. The lowest BCUT2D eigenvalue weighted by Crippen LogP contribution is -2.23. The quantitative estimate of drug-likeness (QED) is 0.823. The second kappa shape index (κ2) is 8.22. The topological polar surface area (TPSA) is 67.4 Å². The molecule has 2 heterocycles. The van der Waals surface area contributed by atoms with E-state index in [0.717, 1.165) is 17.6 Å². The van der Waals surface area contributed by atoms with Gasteiger partial charge in [0.05, 0.1) is 5.56 Å². The predicted molar refractivity (Wildman–Crippen MR) is 90.5 cm³/mol. The lowest BCUT2D eigenvalue weighted by atomic mass is 10.2. The van der Waals surface area contributed by atoms with Crippen LogP contribution in [-0.4, -0.2) is 42.8 Å². The molecule has 2 rings (SSSR count). The van der Waals surface area contributed by atoms with Crippen LogP contribution in [-0.2, 0) is 6.54 Å². The van der Waals surface area contributed by atoms with E-state index in [4.69, 9.17) is 11.6 Å². The van der Waals surface area contributed by atoms with E-state index in [1.165, 1.54) is 6.07 Å². The fourth-order valence-corrected chi connectivity index (χ4v) is 2.10. The molecular formula is C16H16ClF3N4O2. The Labute approximate surface area is 153 Å². The Morgan fingerprint density at radius 3 is 2.54 bits per heavy atom. The Balaban J connectivity index is 1.95. The number of pyridine rings is 2. The predicted octanol–water partition coefficient (Wildman–Crippen LogP) is 3.07. The summed E-state index contributed by atoms with van der Waals surface area (Å²) >= 11 is 5.82. The number of ether oxygens (including phenoxy) is 1. The lowest BCUT2D eigenvalue weighted by Gasteiger charge is -2.12. The minimum Gasteiger partial charge on any atom is -0.467 e. The van der Waals surface area contributed by atoms with E-state index in [9.17, 15) is 18.0 Å². The molecule has 0 bridgehead atoms. The zero-order valence-corrected chi connectivity index (χ0v) is 14.7. The SMILES string of the molecule is CN(C)c1ccc(CNC(=O)c2cnc(OCC(F)(F)F)c(Cl)c2)cn1. The molecule has 0 atom stereocenters. The van der Waals surface area contributed by atoms with Crippen molar-refractivity contribution in [1.29, 1.82) is 0 Å². The van der Waals surface area contributed by atoms with E-state index >= 15 is 0 Å². The van der Waals surface area contributed by atoms with Crippen molar-refractivity contribution in [3.8, 4) is 5.88 Å². The number of nitrogens with one attached hydrogen (secondary N) is 1. The minimum atomic E-state index is -4.50. The number of halogens is 4. The molecule has 0 spiro atoms. The summed E-state index contributed by atoms with van der Waals surface area (Å²) in [6.07, 6.45) is -1.77. The molecule has 1 N–H and O–H groups in total. The smallest absolute Gasteiger partial charge is 0.422 e. The fraction of sp³-hybridized carbons (Fsp3) is 0.312. The number of amides is 1. The average molecular weight is 389 g/mol. The Morgan fingerprint density at radius 2 is 2.00 bits per heavy atom. The highest BCUT2D eigenvalue weighted by Gasteiger charge is 2.29. The van der Waals surface area contributed by atoms with Crippen LogP contribution in [0.2, 0.25) is 5.02 Å². The number of rotatable bonds is 6. The van der Waals surface area contributed by atoms with E-state index < -0.39 is 18.7 Å². The summed E-state index contributed by atoms with van der Waals surface area (Å²) in [5.74, 6) is -0.0759. The summed E-state index contributed by atoms with van der Waals surface area (Å²) in [5.41, 5.74) is 0.889. The van der Waals surface area contributed by atoms with Crippen LogP contribution in [0, 0.1) is 0 Å². The van der Waals surface area contributed by atoms with Crippen LogP contribution in [0.5, 0.6) is 5.88 Å². The molecule has 0 aliphatic heterocycles. The maximum absolute atomic E-state index is 12.1. The summed E-state index contributed by atoms with van der Waals surface area (Å²) < 4.78 is 40.9. The number of carbonyl (C=O) groups excluding carboxylic acids is 1. The molecule has 0 fully saturated rings. The molecule has 6 nitrogen and oxygen atoms in total. The first-order valence-corrected chi connectivity index (χ1v) is 7.79. The number of hydrogen-bond acceptors (Lipinski definition) is 5. The summed E-state index contributed by atoms with van der Waals surface area (Å²) in [7, 11) is 3.73. The molecule has 140 valence electrons. The fourth-order valence-electron chi connectivity index (χ4n) is 1.88. The number of hydrogen-bond donors (Lipinski definition) is 1. The van der Waals surface area contributed by atoms with Gasteiger partial charge in [-0.25, -0.2) is 9.97 Å². The van der Waals surface area contributed by atoms with Crippen molar-refractivity contribution in [3.63, 3.8) is 0 Å². The molecule has 26 heavy (non-hydrogen) atoms. The second-order valence-electron chi connectivity index (χ2n) is 5.52. The van der Waals surface area contributed by atoms with Gasteiger partial charge < -0.3 is 15.0 Å². The van der Waals surface area contributed by atoms with Crippen LogP contribution in [0.3, 0.4) is 0 Å². The molecule has 0 aromatic carbocycles. The molecule has 0 aliphatic rings. The summed E-state index contributed by atoms with van der Waals surface area (Å²) in [6, 6.07) is 4.83. The van der Waals surface area contributed by atoms with Gasteiger partial charge in [0.25, 0.3) is 5.91 Å². The van der Waals surface area contributed by atoms with Crippen molar-refractivity contribution < 1.29 is 22.7 Å². The molecule has 2 aromatic heterocycles. The molecule has 0 saturated heterocycles. The number of alkyl halides is 3. The average Bonchev–Trinajstić information content (AvgIpc) is 2.58. The van der Waals surface area contributed by atoms with Gasteiger partial charge in [-0.15, -0.1) is 0 Å². The number of aromatic nitrogens is 2. The van der Waals surface area contributed by atoms with Crippen LogP contribution in [0.25, 0.3) is 0 Å². The summed E-state index contributed by atoms with van der Waals surface area (Å²) in [5, 5.41) is 2.47. The Morgan fingerprint density at radius 1 is 1.27 bits per heavy atom. The van der Waals surface area contributed by atoms with Gasteiger partial charge in [0, 0.05) is 33.0 Å². The van der Waals surface area contributed by atoms with Crippen molar-refractivity contribution >= 4 is 23.3 Å². The maximum Gasteiger partial charge on any atom is 0.422 e. The molecule has 0 radical (unpaired) electrons. The van der Waals surface area contributed by atoms with E-state index in [0.29, 0.717) is 0 Å². The van der Waals surface area contributed by atoms with Gasteiger partial charge in [-0.1, -0.05) is 17.7 Å². The van der Waals surface area contributed by atoms with Crippen LogP contribution in [0.1, 0.15) is 15.9 Å². The van der Waals surface area contributed by atoms with Gasteiger partial charge in [0.15, 0.2) is 6.61 Å². The Hall–Kier alpha value is -2.55. The van der Waals surface area contributed by atoms with E-state index in [2.05, 4.69) is 20.0 Å². The molecule has 0 unspecified atom stereocenters. The Kier molecular flexibility index (Phi) is 6.25. The highest BCUT2D eigenvalue weighted by Crippen LogP contribution is 2.25. The standard InChI is InChI=1S/C16H16ClF3N4O2/c1-24(2)13-4-3-10(6-21-13)7-22-14(25)11-5-12(17)15(23-8-11)26-9-16(18,19)20/h3-6,8H,7,9H2,1-2H3,(H,22,25). The molecule has 10 heteroatoms. The first-order chi connectivity index (χ1) is 12.2. The first kappa shape index (κ1) is 19.8. The maximum atomic E-state index is 12.1. The van der Waals surface area contributed by atoms with Gasteiger partial charge >= 0.3 is 6.18 Å². The zero-order chi connectivity index (χ0) is 19.3.